The zero-order valence-electron chi connectivity index (χ0n) is 15.1. The van der Waals surface area contributed by atoms with Crippen LogP contribution in [0.5, 0.6) is 0 Å². The second-order valence-corrected chi connectivity index (χ2v) is 9.26. The first-order valence-corrected chi connectivity index (χ1v) is 10.5. The van der Waals surface area contributed by atoms with Crippen molar-refractivity contribution in [2.75, 3.05) is 12.4 Å². The highest BCUT2D eigenvalue weighted by molar-refractivity contribution is 7.86. The van der Waals surface area contributed by atoms with Gasteiger partial charge in [-0.2, -0.15) is 13.5 Å². The summed E-state index contributed by atoms with van der Waals surface area (Å²) >= 11 is 0. The smallest absolute Gasteiger partial charge is 0.294 e. The molecule has 1 saturated carbocycles. The molecule has 0 aromatic carbocycles. The number of aliphatic hydroxyl groups excluding tert-OH is 1. The van der Waals surface area contributed by atoms with Crippen molar-refractivity contribution in [3.63, 3.8) is 0 Å². The Morgan fingerprint density at radius 3 is 1.80 bits per heavy atom. The molecule has 30 heavy (non-hydrogen) atoms. The zero-order chi connectivity index (χ0) is 22.2. The highest BCUT2D eigenvalue weighted by Crippen LogP contribution is 2.57. The second-order valence-electron chi connectivity index (χ2n) is 7.71. The SMILES string of the molecule is O=C1C2C3C=CC(C2C(=O)N1O)C1C(=O)N(OS(=O)(=O)CC(F)(F)CCO)C(=O)C31. The fourth-order valence-electron chi connectivity index (χ4n) is 4.89. The van der Waals surface area contributed by atoms with E-state index in [1.54, 1.807) is 0 Å². The van der Waals surface area contributed by atoms with Gasteiger partial charge in [-0.05, 0) is 0 Å². The van der Waals surface area contributed by atoms with Crippen LogP contribution >= 0.6 is 0 Å². The van der Waals surface area contributed by atoms with E-state index in [0.717, 1.165) is 0 Å². The minimum absolute atomic E-state index is 0.0414. The summed E-state index contributed by atoms with van der Waals surface area (Å²) in [6.45, 7) is -0.990. The highest BCUT2D eigenvalue weighted by atomic mass is 32.2. The summed E-state index contributed by atoms with van der Waals surface area (Å²) in [7, 11) is -5.10. The van der Waals surface area contributed by atoms with Crippen molar-refractivity contribution in [3.05, 3.63) is 12.2 Å². The van der Waals surface area contributed by atoms with Gasteiger partial charge in [0.2, 0.25) is 0 Å². The van der Waals surface area contributed by atoms with Gasteiger partial charge in [0.15, 0.2) is 0 Å². The number of hydrogen-bond acceptors (Lipinski definition) is 9. The van der Waals surface area contributed by atoms with E-state index in [0.29, 0.717) is 0 Å². The summed E-state index contributed by atoms with van der Waals surface area (Å²) in [5.41, 5.74) is 0. The lowest BCUT2D eigenvalue weighted by molar-refractivity contribution is -0.173. The summed E-state index contributed by atoms with van der Waals surface area (Å²) in [5, 5.41) is 18.1. The van der Waals surface area contributed by atoms with E-state index in [9.17, 15) is 41.6 Å². The summed E-state index contributed by atoms with van der Waals surface area (Å²) in [5.74, 6) is -16.4. The molecule has 3 fully saturated rings. The lowest BCUT2D eigenvalue weighted by Gasteiger charge is -2.44. The van der Waals surface area contributed by atoms with Crippen LogP contribution in [0.2, 0.25) is 0 Å². The number of carbonyl (C=O) groups is 4. The lowest BCUT2D eigenvalue weighted by Crippen LogP contribution is -2.50. The van der Waals surface area contributed by atoms with Crippen molar-refractivity contribution in [3.8, 4) is 0 Å². The maximum absolute atomic E-state index is 13.6. The van der Waals surface area contributed by atoms with Crippen LogP contribution in [0, 0.1) is 35.5 Å². The van der Waals surface area contributed by atoms with E-state index >= 15 is 0 Å². The second kappa shape index (κ2) is 6.60. The number of nitrogens with zero attached hydrogens (tertiary/aromatic N) is 2. The number of halogens is 2. The predicted octanol–water partition coefficient (Wildman–Crippen LogP) is -1.33. The molecule has 3 aliphatic carbocycles. The van der Waals surface area contributed by atoms with Gasteiger partial charge in [0.05, 0.1) is 23.7 Å². The van der Waals surface area contributed by atoms with Crippen LogP contribution in [0.15, 0.2) is 12.2 Å². The van der Waals surface area contributed by atoms with Gasteiger partial charge in [0.1, 0.15) is 5.75 Å². The van der Waals surface area contributed by atoms with Crippen molar-refractivity contribution >= 4 is 33.7 Å². The summed E-state index contributed by atoms with van der Waals surface area (Å²) in [6.07, 6.45) is 1.74. The number of imide groups is 2. The first kappa shape index (κ1) is 21.0. The van der Waals surface area contributed by atoms with E-state index in [1.165, 1.54) is 12.2 Å². The Morgan fingerprint density at radius 1 is 0.933 bits per heavy atom. The molecule has 11 nitrogen and oxygen atoms in total. The molecule has 0 radical (unpaired) electrons. The largest absolute Gasteiger partial charge is 0.396 e. The van der Waals surface area contributed by atoms with Crippen molar-refractivity contribution < 1.29 is 51.0 Å². The molecule has 6 unspecified atom stereocenters. The van der Waals surface area contributed by atoms with Crippen LogP contribution in [0.25, 0.3) is 0 Å². The van der Waals surface area contributed by atoms with E-state index in [-0.39, 0.29) is 10.1 Å². The van der Waals surface area contributed by atoms with E-state index in [2.05, 4.69) is 4.28 Å². The van der Waals surface area contributed by atoms with Crippen molar-refractivity contribution in [2.24, 2.45) is 35.5 Å². The minimum Gasteiger partial charge on any atom is -0.396 e. The maximum atomic E-state index is 13.6. The number of alkyl halides is 2. The summed E-state index contributed by atoms with van der Waals surface area (Å²) in [6, 6.07) is 0. The number of amides is 4. The molecule has 2 saturated heterocycles. The van der Waals surface area contributed by atoms with Crippen LogP contribution in [0.3, 0.4) is 0 Å². The van der Waals surface area contributed by atoms with Crippen LogP contribution in [-0.4, -0.2) is 70.8 Å². The normalized spacial score (nSPS) is 35.5. The van der Waals surface area contributed by atoms with Gasteiger partial charge in [-0.15, -0.1) is 9.35 Å². The molecule has 5 rings (SSSR count). The Labute approximate surface area is 167 Å². The van der Waals surface area contributed by atoms with E-state index < -0.39 is 94.0 Å². The predicted molar refractivity (Wildman–Crippen MR) is 87.1 cm³/mol. The molecule has 0 spiro atoms. The molecule has 2 heterocycles. The van der Waals surface area contributed by atoms with Gasteiger partial charge < -0.3 is 5.11 Å². The topological polar surface area (TPSA) is 159 Å². The highest BCUT2D eigenvalue weighted by Gasteiger charge is 2.69. The minimum atomic E-state index is -5.10. The number of carbonyl (C=O) groups excluding carboxylic acids is 4. The molecule has 6 atom stereocenters. The van der Waals surface area contributed by atoms with E-state index in [4.69, 9.17) is 5.11 Å². The van der Waals surface area contributed by atoms with Gasteiger partial charge in [-0.1, -0.05) is 12.2 Å². The van der Waals surface area contributed by atoms with Gasteiger partial charge in [0, 0.05) is 24.9 Å². The maximum Gasteiger partial charge on any atom is 0.294 e. The number of allylic oxidation sites excluding steroid dienone is 2. The zero-order valence-corrected chi connectivity index (χ0v) is 15.9. The Hall–Kier alpha value is -2.29. The Bertz CT molecular complexity index is 931. The van der Waals surface area contributed by atoms with Gasteiger partial charge in [0.25, 0.3) is 39.7 Å². The monoisotopic (exact) mass is 450 g/mol. The molecule has 2 bridgehead atoms. The Morgan fingerprint density at radius 2 is 1.37 bits per heavy atom. The number of hydroxylamine groups is 4. The standard InChI is InChI=1S/C16H16F2N2O9S/c17-16(18,3-4-21)5-30(27,28)29-20-14(24)10-6-1-2-7(11(10)15(20)25)9-8(6)12(22)19(26)13(9)23/h1-2,6-11,21,26H,3-5H2. The van der Waals surface area contributed by atoms with Crippen molar-refractivity contribution in [1.29, 1.82) is 0 Å². The average Bonchev–Trinajstić information content (AvgIpc) is 3.04. The Balaban J connectivity index is 1.61. The molecule has 14 heteroatoms. The average molecular weight is 450 g/mol. The van der Waals surface area contributed by atoms with Gasteiger partial charge in [-0.25, -0.2) is 8.78 Å². The fourth-order valence-corrected chi connectivity index (χ4v) is 5.98. The van der Waals surface area contributed by atoms with Crippen molar-refractivity contribution in [2.45, 2.75) is 12.3 Å². The third-order valence-corrected chi connectivity index (χ3v) is 7.15. The molecule has 164 valence electrons. The molecule has 5 aliphatic rings. The Kier molecular flexibility index (Phi) is 4.61. The summed E-state index contributed by atoms with van der Waals surface area (Å²) < 4.78 is 55.6. The number of hydrogen-bond donors (Lipinski definition) is 2. The van der Waals surface area contributed by atoms with Crippen LogP contribution in [0.4, 0.5) is 8.78 Å². The first-order valence-electron chi connectivity index (χ1n) is 8.94. The van der Waals surface area contributed by atoms with E-state index in [1.807, 2.05) is 0 Å². The fraction of sp³-hybridized carbons (Fsp3) is 0.625. The number of rotatable bonds is 6. The summed E-state index contributed by atoms with van der Waals surface area (Å²) in [4.78, 5) is 49.9. The van der Waals surface area contributed by atoms with Crippen LogP contribution in [-0.2, 0) is 33.6 Å². The van der Waals surface area contributed by atoms with Crippen molar-refractivity contribution in [1.82, 2.24) is 10.1 Å². The lowest BCUT2D eigenvalue weighted by atomic mass is 9.54. The molecule has 0 aromatic rings. The number of aliphatic hydroxyl groups is 1. The molecular formula is C16H16F2N2O9S. The van der Waals surface area contributed by atoms with Gasteiger partial charge >= 0.3 is 0 Å². The molecule has 2 aliphatic heterocycles. The molecule has 4 amide bonds. The first-order chi connectivity index (χ1) is 13.9. The molecule has 0 aromatic heterocycles. The van der Waals surface area contributed by atoms with Gasteiger partial charge in [-0.3, -0.25) is 24.4 Å². The third-order valence-electron chi connectivity index (χ3n) is 6.00. The quantitative estimate of drug-likeness (QED) is 0.284. The molecule has 2 N–H and O–H groups in total. The van der Waals surface area contributed by atoms with Crippen LogP contribution < -0.4 is 0 Å². The van der Waals surface area contributed by atoms with Crippen LogP contribution in [0.1, 0.15) is 6.42 Å². The molecular weight excluding hydrogens is 434 g/mol. The third kappa shape index (κ3) is 2.89.